The standard InChI is InChI=1S/C23H28N2O2/c1-16-14-17(10-12-24-16)11-13-25-23(26)27-15-22-20-8-4-2-6-18(20)19-7-3-5-9-21(19)22/h2-9,16-17,22,24H,10-15H2,1H3,(H,25,26). The van der Waals surface area contributed by atoms with Crippen LogP contribution in [0.15, 0.2) is 48.5 Å². The van der Waals surface area contributed by atoms with Crippen LogP contribution in [0.5, 0.6) is 0 Å². The van der Waals surface area contributed by atoms with Gasteiger partial charge >= 0.3 is 6.09 Å². The van der Waals surface area contributed by atoms with Crippen LogP contribution in [0.2, 0.25) is 0 Å². The maximum atomic E-state index is 12.2. The van der Waals surface area contributed by atoms with Gasteiger partial charge in [0.15, 0.2) is 0 Å². The first-order valence-corrected chi connectivity index (χ1v) is 10.0. The molecule has 1 aliphatic carbocycles. The van der Waals surface area contributed by atoms with E-state index in [4.69, 9.17) is 4.74 Å². The number of rotatable bonds is 5. The van der Waals surface area contributed by atoms with Crippen molar-refractivity contribution in [3.8, 4) is 11.1 Å². The van der Waals surface area contributed by atoms with E-state index in [2.05, 4.69) is 66.1 Å². The Morgan fingerprint density at radius 1 is 1.11 bits per heavy atom. The van der Waals surface area contributed by atoms with Gasteiger partial charge in [-0.05, 0) is 60.9 Å². The third-order valence-electron chi connectivity index (χ3n) is 5.90. The van der Waals surface area contributed by atoms with Gasteiger partial charge in [0.1, 0.15) is 6.61 Å². The van der Waals surface area contributed by atoms with Crippen LogP contribution in [-0.4, -0.2) is 31.8 Å². The van der Waals surface area contributed by atoms with Crippen molar-refractivity contribution in [2.45, 2.75) is 38.1 Å². The highest BCUT2D eigenvalue weighted by Gasteiger charge is 2.29. The number of fused-ring (bicyclic) bond motifs is 3. The number of ether oxygens (including phenoxy) is 1. The van der Waals surface area contributed by atoms with E-state index in [9.17, 15) is 4.79 Å². The molecule has 27 heavy (non-hydrogen) atoms. The number of alkyl carbamates (subject to hydrolysis) is 1. The Bertz CT molecular complexity index is 759. The van der Waals surface area contributed by atoms with Gasteiger partial charge in [0.25, 0.3) is 0 Å². The molecule has 4 rings (SSSR count). The molecule has 1 fully saturated rings. The van der Waals surface area contributed by atoms with Crippen molar-refractivity contribution < 1.29 is 9.53 Å². The molecular weight excluding hydrogens is 336 g/mol. The summed E-state index contributed by atoms with van der Waals surface area (Å²) in [4.78, 5) is 12.2. The van der Waals surface area contributed by atoms with Gasteiger partial charge in [-0.3, -0.25) is 0 Å². The molecule has 4 nitrogen and oxygen atoms in total. The summed E-state index contributed by atoms with van der Waals surface area (Å²) in [7, 11) is 0. The number of carbonyl (C=O) groups is 1. The minimum absolute atomic E-state index is 0.119. The zero-order valence-electron chi connectivity index (χ0n) is 15.9. The molecular formula is C23H28N2O2. The average molecular weight is 364 g/mol. The van der Waals surface area contributed by atoms with Gasteiger partial charge in [0.05, 0.1) is 0 Å². The van der Waals surface area contributed by atoms with Gasteiger partial charge in [-0.15, -0.1) is 0 Å². The summed E-state index contributed by atoms with van der Waals surface area (Å²) in [5, 5.41) is 6.40. The van der Waals surface area contributed by atoms with Crippen LogP contribution >= 0.6 is 0 Å². The van der Waals surface area contributed by atoms with E-state index in [1.807, 2.05) is 0 Å². The Labute approximate surface area is 161 Å². The number of benzene rings is 2. The number of amides is 1. The molecule has 0 radical (unpaired) electrons. The van der Waals surface area contributed by atoms with Crippen molar-refractivity contribution in [1.82, 2.24) is 10.6 Å². The Balaban J connectivity index is 1.30. The lowest BCUT2D eigenvalue weighted by atomic mass is 9.90. The van der Waals surface area contributed by atoms with Gasteiger partial charge in [0, 0.05) is 18.5 Å². The molecule has 4 heteroatoms. The molecule has 0 bridgehead atoms. The first-order valence-electron chi connectivity index (χ1n) is 10.0. The lowest BCUT2D eigenvalue weighted by molar-refractivity contribution is 0.142. The second kappa shape index (κ2) is 8.13. The third kappa shape index (κ3) is 4.01. The number of hydrogen-bond acceptors (Lipinski definition) is 3. The SMILES string of the molecule is CC1CC(CCNC(=O)OCC2c3ccccc3-c3ccccc32)CCN1. The summed E-state index contributed by atoms with van der Waals surface area (Å²) in [5.41, 5.74) is 5.00. The van der Waals surface area contributed by atoms with Gasteiger partial charge in [0.2, 0.25) is 0 Å². The van der Waals surface area contributed by atoms with Crippen molar-refractivity contribution in [3.63, 3.8) is 0 Å². The Morgan fingerprint density at radius 3 is 2.44 bits per heavy atom. The summed E-state index contributed by atoms with van der Waals surface area (Å²) in [6.07, 6.45) is 3.10. The van der Waals surface area contributed by atoms with E-state index in [1.54, 1.807) is 0 Å². The molecule has 2 unspecified atom stereocenters. The average Bonchev–Trinajstić information content (AvgIpc) is 3.00. The molecule has 2 atom stereocenters. The topological polar surface area (TPSA) is 50.4 Å². The smallest absolute Gasteiger partial charge is 0.407 e. The quantitative estimate of drug-likeness (QED) is 0.831. The van der Waals surface area contributed by atoms with Crippen LogP contribution in [-0.2, 0) is 4.74 Å². The monoisotopic (exact) mass is 364 g/mol. The molecule has 1 heterocycles. The highest BCUT2D eigenvalue weighted by atomic mass is 16.5. The Hall–Kier alpha value is -2.33. The minimum Gasteiger partial charge on any atom is -0.449 e. The first kappa shape index (κ1) is 18.1. The van der Waals surface area contributed by atoms with Crippen molar-refractivity contribution in [2.24, 2.45) is 5.92 Å². The number of carbonyl (C=O) groups excluding carboxylic acids is 1. The fourth-order valence-corrected chi connectivity index (χ4v) is 4.53. The predicted molar refractivity (Wildman–Crippen MR) is 108 cm³/mol. The van der Waals surface area contributed by atoms with E-state index >= 15 is 0 Å². The zero-order valence-corrected chi connectivity index (χ0v) is 15.9. The van der Waals surface area contributed by atoms with Crippen molar-refractivity contribution in [2.75, 3.05) is 19.7 Å². The van der Waals surface area contributed by atoms with Crippen LogP contribution in [0.4, 0.5) is 4.79 Å². The van der Waals surface area contributed by atoms with Gasteiger partial charge < -0.3 is 15.4 Å². The molecule has 2 aromatic carbocycles. The highest BCUT2D eigenvalue weighted by molar-refractivity contribution is 5.79. The van der Waals surface area contributed by atoms with E-state index in [0.717, 1.165) is 13.0 Å². The second-order valence-corrected chi connectivity index (χ2v) is 7.79. The fourth-order valence-electron chi connectivity index (χ4n) is 4.53. The first-order chi connectivity index (χ1) is 13.2. The predicted octanol–water partition coefficient (Wildman–Crippen LogP) is 4.30. The van der Waals surface area contributed by atoms with Crippen LogP contribution in [0.25, 0.3) is 11.1 Å². The number of nitrogens with one attached hydrogen (secondary N) is 2. The summed E-state index contributed by atoms with van der Waals surface area (Å²) in [6, 6.07) is 17.4. The molecule has 0 aromatic heterocycles. The van der Waals surface area contributed by atoms with E-state index in [0.29, 0.717) is 25.1 Å². The van der Waals surface area contributed by atoms with Crippen LogP contribution in [0, 0.1) is 5.92 Å². The molecule has 0 saturated carbocycles. The normalized spacial score (nSPS) is 21.4. The van der Waals surface area contributed by atoms with Gasteiger partial charge in [-0.25, -0.2) is 4.79 Å². The molecule has 142 valence electrons. The molecule has 2 N–H and O–H groups in total. The zero-order chi connectivity index (χ0) is 18.6. The minimum atomic E-state index is -0.307. The lowest BCUT2D eigenvalue weighted by Gasteiger charge is -2.27. The van der Waals surface area contributed by atoms with Gasteiger partial charge in [-0.2, -0.15) is 0 Å². The summed E-state index contributed by atoms with van der Waals surface area (Å²) in [5.74, 6) is 0.809. The molecule has 0 spiro atoms. The van der Waals surface area contributed by atoms with E-state index in [-0.39, 0.29) is 12.0 Å². The number of hydrogen-bond donors (Lipinski definition) is 2. The Morgan fingerprint density at radius 2 is 1.78 bits per heavy atom. The number of piperidine rings is 1. The van der Waals surface area contributed by atoms with E-state index in [1.165, 1.54) is 35.1 Å². The second-order valence-electron chi connectivity index (χ2n) is 7.79. The van der Waals surface area contributed by atoms with Crippen LogP contribution in [0.3, 0.4) is 0 Å². The van der Waals surface area contributed by atoms with E-state index < -0.39 is 0 Å². The summed E-state index contributed by atoms with van der Waals surface area (Å²) >= 11 is 0. The van der Waals surface area contributed by atoms with Gasteiger partial charge in [-0.1, -0.05) is 48.5 Å². The fraction of sp³-hybridized carbons (Fsp3) is 0.435. The van der Waals surface area contributed by atoms with Crippen molar-refractivity contribution in [3.05, 3.63) is 59.7 Å². The highest BCUT2D eigenvalue weighted by Crippen LogP contribution is 2.44. The lowest BCUT2D eigenvalue weighted by Crippen LogP contribution is -2.37. The summed E-state index contributed by atoms with van der Waals surface area (Å²) in [6.45, 7) is 4.38. The molecule has 2 aromatic rings. The van der Waals surface area contributed by atoms with Crippen molar-refractivity contribution >= 4 is 6.09 Å². The van der Waals surface area contributed by atoms with Crippen molar-refractivity contribution in [1.29, 1.82) is 0 Å². The maximum Gasteiger partial charge on any atom is 0.407 e. The molecule has 1 saturated heterocycles. The van der Waals surface area contributed by atoms with Crippen LogP contribution < -0.4 is 10.6 Å². The molecule has 1 aliphatic heterocycles. The molecule has 2 aliphatic rings. The van der Waals surface area contributed by atoms with Crippen LogP contribution in [0.1, 0.15) is 43.2 Å². The molecule has 1 amide bonds. The third-order valence-corrected chi connectivity index (χ3v) is 5.90. The summed E-state index contributed by atoms with van der Waals surface area (Å²) < 4.78 is 5.59. The Kier molecular flexibility index (Phi) is 5.44. The largest absolute Gasteiger partial charge is 0.449 e. The maximum absolute atomic E-state index is 12.2.